The van der Waals surface area contributed by atoms with Crippen LogP contribution < -0.4 is 5.32 Å². The molecule has 1 aromatic carbocycles. The molecule has 0 aliphatic rings. The number of aromatic nitrogens is 2. The molecule has 2 N–H and O–H groups in total. The summed E-state index contributed by atoms with van der Waals surface area (Å²) >= 11 is 1.43. The first-order valence-electron chi connectivity index (χ1n) is 5.98. The van der Waals surface area contributed by atoms with Gasteiger partial charge in [0.2, 0.25) is 0 Å². The molecule has 0 bridgehead atoms. The summed E-state index contributed by atoms with van der Waals surface area (Å²) in [4.78, 5) is 31.3. The number of rotatable bonds is 3. The molecule has 6 nitrogen and oxygen atoms in total. The molecule has 0 saturated carbocycles. The summed E-state index contributed by atoms with van der Waals surface area (Å²) in [5.41, 5.74) is 2.90. The molecular weight excluding hydrogens is 290 g/mol. The number of anilines is 1. The minimum Gasteiger partial charge on any atom is -0.478 e. The van der Waals surface area contributed by atoms with E-state index >= 15 is 0 Å². The molecule has 0 atom stereocenters. The Morgan fingerprint density at radius 2 is 2.05 bits per heavy atom. The number of fused-ring (bicyclic) bond motifs is 1. The Bertz CT molecular complexity index is 844. The molecule has 1 amide bonds. The summed E-state index contributed by atoms with van der Waals surface area (Å²) in [7, 11) is 0. The van der Waals surface area contributed by atoms with Crippen molar-refractivity contribution in [2.75, 3.05) is 5.32 Å². The Hall–Kier alpha value is -2.80. The van der Waals surface area contributed by atoms with Crippen molar-refractivity contribution in [3.05, 3.63) is 53.2 Å². The summed E-state index contributed by atoms with van der Waals surface area (Å²) < 4.78 is 0.891. The molecule has 7 heteroatoms. The van der Waals surface area contributed by atoms with Gasteiger partial charge in [-0.1, -0.05) is 0 Å². The average Bonchev–Trinajstić information content (AvgIpc) is 2.94. The van der Waals surface area contributed by atoms with E-state index in [1.165, 1.54) is 29.7 Å². The molecule has 0 radical (unpaired) electrons. The first-order chi connectivity index (χ1) is 10.1. The first kappa shape index (κ1) is 13.2. The van der Waals surface area contributed by atoms with Crippen LogP contribution in [0.2, 0.25) is 0 Å². The minimum atomic E-state index is -1.14. The van der Waals surface area contributed by atoms with Crippen molar-refractivity contribution in [2.24, 2.45) is 0 Å². The standard InChI is InChI=1S/C14H9N3O3S/c18-13(8-3-4-10-11(6-8)21-7-16-10)17-12-9(14(19)20)2-1-5-15-12/h1-7H,(H,19,20)(H,15,17,18). The van der Waals surface area contributed by atoms with Gasteiger partial charge in [-0.25, -0.2) is 14.8 Å². The van der Waals surface area contributed by atoms with Gasteiger partial charge in [-0.3, -0.25) is 4.79 Å². The van der Waals surface area contributed by atoms with Gasteiger partial charge in [-0.15, -0.1) is 11.3 Å². The van der Waals surface area contributed by atoms with Crippen LogP contribution >= 0.6 is 11.3 Å². The average molecular weight is 299 g/mol. The third kappa shape index (κ3) is 2.59. The zero-order chi connectivity index (χ0) is 14.8. The van der Waals surface area contributed by atoms with Crippen molar-refractivity contribution < 1.29 is 14.7 Å². The van der Waals surface area contributed by atoms with E-state index in [1.54, 1.807) is 23.7 Å². The quantitative estimate of drug-likeness (QED) is 0.775. The largest absolute Gasteiger partial charge is 0.478 e. The molecule has 0 aliphatic heterocycles. The highest BCUT2D eigenvalue weighted by Gasteiger charge is 2.14. The molecule has 3 aromatic rings. The molecular formula is C14H9N3O3S. The summed E-state index contributed by atoms with van der Waals surface area (Å²) in [6, 6.07) is 7.99. The molecule has 0 unspecified atom stereocenters. The van der Waals surface area contributed by atoms with Gasteiger partial charge < -0.3 is 10.4 Å². The Labute approximate surface area is 123 Å². The Balaban J connectivity index is 1.91. The maximum absolute atomic E-state index is 12.2. The van der Waals surface area contributed by atoms with Gasteiger partial charge in [0.05, 0.1) is 15.7 Å². The highest BCUT2D eigenvalue weighted by molar-refractivity contribution is 7.16. The maximum atomic E-state index is 12.2. The molecule has 3 rings (SSSR count). The minimum absolute atomic E-state index is 0.0272. The lowest BCUT2D eigenvalue weighted by molar-refractivity contribution is 0.0697. The number of benzene rings is 1. The fraction of sp³-hybridized carbons (Fsp3) is 0. The maximum Gasteiger partial charge on any atom is 0.339 e. The molecule has 2 aromatic heterocycles. The smallest absolute Gasteiger partial charge is 0.339 e. The van der Waals surface area contributed by atoms with E-state index in [2.05, 4.69) is 15.3 Å². The lowest BCUT2D eigenvalue weighted by Crippen LogP contribution is -2.15. The van der Waals surface area contributed by atoms with Crippen LogP contribution in [0.15, 0.2) is 42.0 Å². The SMILES string of the molecule is O=C(Nc1ncccc1C(=O)O)c1ccc2ncsc2c1. The third-order valence-electron chi connectivity index (χ3n) is 2.86. The molecule has 2 heterocycles. The van der Waals surface area contributed by atoms with Gasteiger partial charge in [0.25, 0.3) is 5.91 Å². The zero-order valence-electron chi connectivity index (χ0n) is 10.6. The predicted octanol–water partition coefficient (Wildman–Crippen LogP) is 2.64. The third-order valence-corrected chi connectivity index (χ3v) is 3.66. The molecule has 0 fully saturated rings. The van der Waals surface area contributed by atoms with Crippen LogP contribution in [0.3, 0.4) is 0 Å². The van der Waals surface area contributed by atoms with Crippen LogP contribution in [0, 0.1) is 0 Å². The fourth-order valence-corrected chi connectivity index (χ4v) is 2.57. The summed E-state index contributed by atoms with van der Waals surface area (Å²) in [6.07, 6.45) is 1.43. The number of carboxylic acids is 1. The number of nitrogens with zero attached hydrogens (tertiary/aromatic N) is 2. The Morgan fingerprint density at radius 1 is 1.19 bits per heavy atom. The fourth-order valence-electron chi connectivity index (χ4n) is 1.85. The molecule has 21 heavy (non-hydrogen) atoms. The van der Waals surface area contributed by atoms with Crippen molar-refractivity contribution in [3.8, 4) is 0 Å². The van der Waals surface area contributed by atoms with Crippen molar-refractivity contribution in [1.82, 2.24) is 9.97 Å². The van der Waals surface area contributed by atoms with Crippen molar-refractivity contribution in [2.45, 2.75) is 0 Å². The van der Waals surface area contributed by atoms with Crippen molar-refractivity contribution in [1.29, 1.82) is 0 Å². The normalized spacial score (nSPS) is 10.5. The number of hydrogen-bond acceptors (Lipinski definition) is 5. The number of carbonyl (C=O) groups excluding carboxylic acids is 1. The van der Waals surface area contributed by atoms with E-state index < -0.39 is 11.9 Å². The second-order valence-corrected chi connectivity index (χ2v) is 5.08. The summed E-state index contributed by atoms with van der Waals surface area (Å²) in [6.45, 7) is 0. The molecule has 104 valence electrons. The number of nitrogens with one attached hydrogen (secondary N) is 1. The van der Waals surface area contributed by atoms with Crippen LogP contribution in [0.1, 0.15) is 20.7 Å². The Kier molecular flexibility index (Phi) is 3.33. The van der Waals surface area contributed by atoms with E-state index in [0.717, 1.165) is 10.2 Å². The number of carbonyl (C=O) groups is 2. The van der Waals surface area contributed by atoms with Gasteiger partial charge in [0, 0.05) is 11.8 Å². The van der Waals surface area contributed by atoms with E-state index in [-0.39, 0.29) is 11.4 Å². The van der Waals surface area contributed by atoms with E-state index in [0.29, 0.717) is 5.56 Å². The highest BCUT2D eigenvalue weighted by Crippen LogP contribution is 2.20. The monoisotopic (exact) mass is 299 g/mol. The lowest BCUT2D eigenvalue weighted by Gasteiger charge is -2.07. The van der Waals surface area contributed by atoms with Gasteiger partial charge in [0.15, 0.2) is 0 Å². The van der Waals surface area contributed by atoms with Crippen LogP contribution in [0.25, 0.3) is 10.2 Å². The molecule has 0 saturated heterocycles. The molecule has 0 aliphatic carbocycles. The summed E-state index contributed by atoms with van der Waals surface area (Å²) in [5, 5.41) is 11.6. The van der Waals surface area contributed by atoms with Gasteiger partial charge in [0.1, 0.15) is 11.4 Å². The van der Waals surface area contributed by atoms with E-state index in [9.17, 15) is 9.59 Å². The second-order valence-electron chi connectivity index (χ2n) is 4.19. The topological polar surface area (TPSA) is 92.2 Å². The first-order valence-corrected chi connectivity index (χ1v) is 6.86. The number of carboxylic acid groups (broad SMARTS) is 1. The number of hydrogen-bond donors (Lipinski definition) is 2. The van der Waals surface area contributed by atoms with Gasteiger partial charge in [-0.05, 0) is 30.3 Å². The lowest BCUT2D eigenvalue weighted by atomic mass is 10.2. The highest BCUT2D eigenvalue weighted by atomic mass is 32.1. The zero-order valence-corrected chi connectivity index (χ0v) is 11.4. The Morgan fingerprint density at radius 3 is 2.86 bits per heavy atom. The van der Waals surface area contributed by atoms with Crippen LogP contribution in [-0.2, 0) is 0 Å². The number of thiazole rings is 1. The van der Waals surface area contributed by atoms with Crippen LogP contribution in [0.4, 0.5) is 5.82 Å². The van der Waals surface area contributed by atoms with E-state index in [4.69, 9.17) is 5.11 Å². The van der Waals surface area contributed by atoms with Gasteiger partial charge >= 0.3 is 5.97 Å². The summed E-state index contributed by atoms with van der Waals surface area (Å²) in [5.74, 6) is -1.53. The van der Waals surface area contributed by atoms with Gasteiger partial charge in [-0.2, -0.15) is 0 Å². The van der Waals surface area contributed by atoms with Crippen LogP contribution in [0.5, 0.6) is 0 Å². The number of aromatic carboxylic acids is 1. The van der Waals surface area contributed by atoms with Crippen molar-refractivity contribution >= 4 is 39.2 Å². The number of pyridine rings is 1. The van der Waals surface area contributed by atoms with E-state index in [1.807, 2.05) is 0 Å². The predicted molar refractivity (Wildman–Crippen MR) is 78.8 cm³/mol. The van der Waals surface area contributed by atoms with Crippen molar-refractivity contribution in [3.63, 3.8) is 0 Å². The molecule has 0 spiro atoms. The second kappa shape index (κ2) is 5.29. The van der Waals surface area contributed by atoms with Crippen LogP contribution in [-0.4, -0.2) is 27.0 Å². The number of amides is 1.